The molecule has 1 atom stereocenters. The van der Waals surface area contributed by atoms with Gasteiger partial charge in [0.2, 0.25) is 0 Å². The van der Waals surface area contributed by atoms with Crippen molar-refractivity contribution in [1.82, 2.24) is 10.2 Å². The van der Waals surface area contributed by atoms with Gasteiger partial charge in [0, 0.05) is 23.7 Å². The standard InChI is InChI=1S/C20H25N3O3/c1-4-22(5-2)19(16-9-7-6-8-10-16)14-21-20(24)17-12-11-15(3)18(13-17)23(25)26/h6-13,19H,4-5,14H2,1-3H3,(H,21,24). The maximum absolute atomic E-state index is 12.5. The Morgan fingerprint density at radius 2 is 1.81 bits per heavy atom. The zero-order valence-corrected chi connectivity index (χ0v) is 15.4. The van der Waals surface area contributed by atoms with Crippen LogP contribution in [0.1, 0.15) is 41.4 Å². The Morgan fingerprint density at radius 1 is 1.15 bits per heavy atom. The van der Waals surface area contributed by atoms with Crippen LogP contribution in [0.5, 0.6) is 0 Å². The summed E-state index contributed by atoms with van der Waals surface area (Å²) in [7, 11) is 0. The SMILES string of the molecule is CCN(CC)C(CNC(=O)c1ccc(C)c([N+](=O)[O-])c1)c1ccccc1. The number of carbonyl (C=O) groups is 1. The second-order valence-electron chi connectivity index (χ2n) is 6.12. The number of rotatable bonds is 8. The van der Waals surface area contributed by atoms with Crippen molar-refractivity contribution in [2.24, 2.45) is 0 Å². The molecule has 0 aliphatic rings. The highest BCUT2D eigenvalue weighted by Crippen LogP contribution is 2.21. The van der Waals surface area contributed by atoms with Crippen molar-refractivity contribution in [2.75, 3.05) is 19.6 Å². The normalized spacial score (nSPS) is 12.0. The van der Waals surface area contributed by atoms with Crippen LogP contribution in [0.15, 0.2) is 48.5 Å². The first-order valence-corrected chi connectivity index (χ1v) is 8.80. The molecule has 0 aliphatic heterocycles. The van der Waals surface area contributed by atoms with E-state index in [-0.39, 0.29) is 17.6 Å². The van der Waals surface area contributed by atoms with Gasteiger partial charge in [0.05, 0.1) is 11.0 Å². The van der Waals surface area contributed by atoms with Crippen molar-refractivity contribution < 1.29 is 9.72 Å². The number of amides is 1. The number of nitrogens with zero attached hydrogens (tertiary/aromatic N) is 2. The molecule has 138 valence electrons. The third-order valence-electron chi connectivity index (χ3n) is 4.56. The molecule has 1 N–H and O–H groups in total. The summed E-state index contributed by atoms with van der Waals surface area (Å²) in [5, 5.41) is 14.0. The molecule has 0 aliphatic carbocycles. The molecule has 1 unspecified atom stereocenters. The Bertz CT molecular complexity index is 758. The number of nitro groups is 1. The number of nitro benzene ring substituents is 1. The van der Waals surface area contributed by atoms with Crippen molar-refractivity contribution >= 4 is 11.6 Å². The maximum Gasteiger partial charge on any atom is 0.273 e. The predicted molar refractivity (Wildman–Crippen MR) is 102 cm³/mol. The minimum absolute atomic E-state index is 0.0407. The van der Waals surface area contributed by atoms with Crippen LogP contribution in [0.3, 0.4) is 0 Å². The maximum atomic E-state index is 12.5. The molecular formula is C20H25N3O3. The van der Waals surface area contributed by atoms with E-state index in [4.69, 9.17) is 0 Å². The van der Waals surface area contributed by atoms with Crippen LogP contribution in [0.25, 0.3) is 0 Å². The van der Waals surface area contributed by atoms with Gasteiger partial charge in [-0.25, -0.2) is 0 Å². The molecule has 0 spiro atoms. The molecule has 0 aromatic heterocycles. The van der Waals surface area contributed by atoms with E-state index in [0.29, 0.717) is 17.7 Å². The molecule has 0 fully saturated rings. The van der Waals surface area contributed by atoms with Gasteiger partial charge >= 0.3 is 0 Å². The fraction of sp³-hybridized carbons (Fsp3) is 0.350. The highest BCUT2D eigenvalue weighted by atomic mass is 16.6. The van der Waals surface area contributed by atoms with Crippen molar-refractivity contribution in [1.29, 1.82) is 0 Å². The van der Waals surface area contributed by atoms with Crippen LogP contribution >= 0.6 is 0 Å². The van der Waals surface area contributed by atoms with E-state index in [1.54, 1.807) is 19.1 Å². The second kappa shape index (κ2) is 9.10. The van der Waals surface area contributed by atoms with Gasteiger partial charge in [-0.3, -0.25) is 19.8 Å². The molecule has 0 heterocycles. The van der Waals surface area contributed by atoms with Gasteiger partial charge in [0.25, 0.3) is 11.6 Å². The molecule has 0 bridgehead atoms. The van der Waals surface area contributed by atoms with E-state index in [1.165, 1.54) is 6.07 Å². The quantitative estimate of drug-likeness (QED) is 0.578. The first-order chi connectivity index (χ1) is 12.5. The van der Waals surface area contributed by atoms with E-state index in [9.17, 15) is 14.9 Å². The predicted octanol–water partition coefficient (Wildman–Crippen LogP) is 3.72. The lowest BCUT2D eigenvalue weighted by molar-refractivity contribution is -0.385. The number of nitrogens with one attached hydrogen (secondary N) is 1. The van der Waals surface area contributed by atoms with Crippen LogP contribution in [-0.4, -0.2) is 35.4 Å². The van der Waals surface area contributed by atoms with Gasteiger partial charge in [-0.05, 0) is 31.6 Å². The van der Waals surface area contributed by atoms with Crippen molar-refractivity contribution in [3.63, 3.8) is 0 Å². The van der Waals surface area contributed by atoms with E-state index >= 15 is 0 Å². The summed E-state index contributed by atoms with van der Waals surface area (Å²) < 4.78 is 0. The minimum atomic E-state index is -0.464. The van der Waals surface area contributed by atoms with Crippen LogP contribution in [0, 0.1) is 17.0 Å². The Kier molecular flexibility index (Phi) is 6.86. The van der Waals surface area contributed by atoms with Gasteiger partial charge in [0.15, 0.2) is 0 Å². The van der Waals surface area contributed by atoms with Crippen LogP contribution in [0.2, 0.25) is 0 Å². The number of hydrogen-bond acceptors (Lipinski definition) is 4. The lowest BCUT2D eigenvalue weighted by atomic mass is 10.0. The van der Waals surface area contributed by atoms with Gasteiger partial charge < -0.3 is 5.32 Å². The molecule has 1 amide bonds. The lowest BCUT2D eigenvalue weighted by Crippen LogP contribution is -2.38. The topological polar surface area (TPSA) is 75.5 Å². The van der Waals surface area contributed by atoms with Gasteiger partial charge in [-0.15, -0.1) is 0 Å². The average Bonchev–Trinajstić information content (AvgIpc) is 2.65. The van der Waals surface area contributed by atoms with Crippen LogP contribution in [0.4, 0.5) is 5.69 Å². The number of hydrogen-bond donors (Lipinski definition) is 1. The minimum Gasteiger partial charge on any atom is -0.350 e. The molecule has 0 saturated carbocycles. The van der Waals surface area contributed by atoms with Gasteiger partial charge in [0.1, 0.15) is 0 Å². The highest BCUT2D eigenvalue weighted by molar-refractivity contribution is 5.95. The number of carbonyl (C=O) groups excluding carboxylic acids is 1. The zero-order valence-electron chi connectivity index (χ0n) is 15.4. The van der Waals surface area contributed by atoms with E-state index < -0.39 is 4.92 Å². The number of aryl methyl sites for hydroxylation is 1. The third kappa shape index (κ3) is 4.67. The molecule has 2 aromatic rings. The molecule has 6 nitrogen and oxygen atoms in total. The molecular weight excluding hydrogens is 330 g/mol. The molecule has 26 heavy (non-hydrogen) atoms. The monoisotopic (exact) mass is 355 g/mol. The Labute approximate surface area is 154 Å². The number of likely N-dealkylation sites (N-methyl/N-ethyl adjacent to an activating group) is 1. The first-order valence-electron chi connectivity index (χ1n) is 8.80. The van der Waals surface area contributed by atoms with Crippen molar-refractivity contribution in [2.45, 2.75) is 26.8 Å². The van der Waals surface area contributed by atoms with E-state index in [2.05, 4.69) is 24.1 Å². The van der Waals surface area contributed by atoms with Crippen molar-refractivity contribution in [3.05, 3.63) is 75.3 Å². The van der Waals surface area contributed by atoms with Crippen LogP contribution in [-0.2, 0) is 0 Å². The van der Waals surface area contributed by atoms with Gasteiger partial charge in [-0.2, -0.15) is 0 Å². The first kappa shape index (κ1) is 19.6. The molecule has 6 heteroatoms. The van der Waals surface area contributed by atoms with Crippen molar-refractivity contribution in [3.8, 4) is 0 Å². The molecule has 0 radical (unpaired) electrons. The van der Waals surface area contributed by atoms with E-state index in [0.717, 1.165) is 18.7 Å². The second-order valence-corrected chi connectivity index (χ2v) is 6.12. The molecule has 2 rings (SSSR count). The zero-order chi connectivity index (χ0) is 19.1. The Hall–Kier alpha value is -2.73. The fourth-order valence-electron chi connectivity index (χ4n) is 3.04. The van der Waals surface area contributed by atoms with Crippen LogP contribution < -0.4 is 5.32 Å². The smallest absolute Gasteiger partial charge is 0.273 e. The summed E-state index contributed by atoms with van der Waals surface area (Å²) >= 11 is 0. The average molecular weight is 355 g/mol. The summed E-state index contributed by atoms with van der Waals surface area (Å²) in [4.78, 5) is 25.4. The third-order valence-corrected chi connectivity index (χ3v) is 4.56. The largest absolute Gasteiger partial charge is 0.350 e. The highest BCUT2D eigenvalue weighted by Gasteiger charge is 2.20. The van der Waals surface area contributed by atoms with Gasteiger partial charge in [-0.1, -0.05) is 50.2 Å². The fourth-order valence-corrected chi connectivity index (χ4v) is 3.04. The molecule has 0 saturated heterocycles. The summed E-state index contributed by atoms with van der Waals surface area (Å²) in [5.41, 5.74) is 1.93. The van der Waals surface area contributed by atoms with E-state index in [1.807, 2.05) is 30.3 Å². The Balaban J connectivity index is 2.17. The summed E-state index contributed by atoms with van der Waals surface area (Å²) in [5.74, 6) is -0.304. The Morgan fingerprint density at radius 3 is 2.38 bits per heavy atom. The lowest BCUT2D eigenvalue weighted by Gasteiger charge is -2.30. The summed E-state index contributed by atoms with van der Waals surface area (Å²) in [6.07, 6.45) is 0. The molecule has 2 aromatic carbocycles. The summed E-state index contributed by atoms with van der Waals surface area (Å²) in [6, 6.07) is 14.6. The summed E-state index contributed by atoms with van der Waals surface area (Å²) in [6.45, 7) is 8.00. The number of benzene rings is 2.